The van der Waals surface area contributed by atoms with E-state index in [4.69, 9.17) is 4.42 Å². The first-order valence-electron chi connectivity index (χ1n) is 7.19. The smallest absolute Gasteiger partial charge is 0.291 e. The second-order valence-electron chi connectivity index (χ2n) is 5.71. The molecule has 2 aromatic heterocycles. The quantitative estimate of drug-likeness (QED) is 0.942. The molecule has 1 amide bonds. The SMILES string of the molecule is Cc1ccc(C(=O)Nc2sc3c(c2C(=O)[O-])CCC(C)C3)o1. The van der Waals surface area contributed by atoms with Gasteiger partial charge in [-0.3, -0.25) is 4.79 Å². The molecular weight excluding hydrogens is 302 g/mol. The largest absolute Gasteiger partial charge is 0.545 e. The molecule has 1 aliphatic carbocycles. The first-order chi connectivity index (χ1) is 10.5. The van der Waals surface area contributed by atoms with Crippen molar-refractivity contribution in [3.63, 3.8) is 0 Å². The van der Waals surface area contributed by atoms with Crippen LogP contribution in [0.25, 0.3) is 0 Å². The van der Waals surface area contributed by atoms with Gasteiger partial charge in [-0.05, 0) is 49.8 Å². The Hall–Kier alpha value is -2.08. The van der Waals surface area contributed by atoms with Crippen LogP contribution in [-0.4, -0.2) is 11.9 Å². The van der Waals surface area contributed by atoms with E-state index in [9.17, 15) is 14.7 Å². The van der Waals surface area contributed by atoms with Gasteiger partial charge in [0.2, 0.25) is 0 Å². The summed E-state index contributed by atoms with van der Waals surface area (Å²) in [6.45, 7) is 3.89. The van der Waals surface area contributed by atoms with Crippen molar-refractivity contribution in [1.29, 1.82) is 0 Å². The molecule has 0 aromatic carbocycles. The summed E-state index contributed by atoms with van der Waals surface area (Å²) in [6.07, 6.45) is 2.51. The molecule has 1 atom stereocenters. The number of furan rings is 1. The van der Waals surface area contributed by atoms with Crippen molar-refractivity contribution in [3.8, 4) is 0 Å². The van der Waals surface area contributed by atoms with Gasteiger partial charge >= 0.3 is 0 Å². The van der Waals surface area contributed by atoms with Crippen molar-refractivity contribution in [2.75, 3.05) is 5.32 Å². The molecule has 116 valence electrons. The second kappa shape index (κ2) is 5.61. The molecule has 0 aliphatic heterocycles. The summed E-state index contributed by atoms with van der Waals surface area (Å²) < 4.78 is 5.27. The maximum absolute atomic E-state index is 12.2. The minimum absolute atomic E-state index is 0.128. The van der Waals surface area contributed by atoms with Crippen LogP contribution >= 0.6 is 11.3 Å². The number of nitrogens with one attached hydrogen (secondary N) is 1. The highest BCUT2D eigenvalue weighted by Gasteiger charge is 2.25. The monoisotopic (exact) mass is 318 g/mol. The first kappa shape index (κ1) is 14.8. The van der Waals surface area contributed by atoms with Gasteiger partial charge in [0.15, 0.2) is 5.76 Å². The van der Waals surface area contributed by atoms with E-state index in [-0.39, 0.29) is 11.3 Å². The van der Waals surface area contributed by atoms with Crippen molar-refractivity contribution in [3.05, 3.63) is 39.7 Å². The number of hydrogen-bond acceptors (Lipinski definition) is 5. The molecule has 5 nitrogen and oxygen atoms in total. The van der Waals surface area contributed by atoms with E-state index in [0.29, 0.717) is 23.1 Å². The van der Waals surface area contributed by atoms with Gasteiger partial charge in [-0.15, -0.1) is 11.3 Å². The summed E-state index contributed by atoms with van der Waals surface area (Å²) in [6, 6.07) is 3.26. The molecule has 1 unspecified atom stereocenters. The third kappa shape index (κ3) is 2.66. The number of thiophene rings is 1. The van der Waals surface area contributed by atoms with Gasteiger partial charge in [0.05, 0.1) is 5.97 Å². The van der Waals surface area contributed by atoms with E-state index in [1.165, 1.54) is 11.3 Å². The third-order valence-electron chi connectivity index (χ3n) is 3.91. The molecule has 1 N–H and O–H groups in total. The number of anilines is 1. The summed E-state index contributed by atoms with van der Waals surface area (Å²) in [7, 11) is 0. The van der Waals surface area contributed by atoms with Gasteiger partial charge in [-0.1, -0.05) is 6.92 Å². The molecule has 1 aliphatic rings. The molecule has 2 aromatic rings. The Balaban J connectivity index is 1.93. The molecular formula is C16H16NO4S-. The molecule has 0 saturated carbocycles. The van der Waals surface area contributed by atoms with Crippen molar-refractivity contribution in [2.45, 2.75) is 33.1 Å². The fraction of sp³-hybridized carbons (Fsp3) is 0.375. The van der Waals surface area contributed by atoms with Gasteiger partial charge in [-0.2, -0.15) is 0 Å². The first-order valence-corrected chi connectivity index (χ1v) is 8.01. The Labute approximate surface area is 132 Å². The highest BCUT2D eigenvalue weighted by atomic mass is 32.1. The Morgan fingerprint density at radius 2 is 2.18 bits per heavy atom. The van der Waals surface area contributed by atoms with Crippen LogP contribution in [0.5, 0.6) is 0 Å². The van der Waals surface area contributed by atoms with Crippen molar-refractivity contribution in [2.24, 2.45) is 5.92 Å². The Kier molecular flexibility index (Phi) is 3.78. The molecule has 6 heteroatoms. The Morgan fingerprint density at radius 3 is 2.82 bits per heavy atom. The summed E-state index contributed by atoms with van der Waals surface area (Å²) in [5, 5.41) is 14.5. The summed E-state index contributed by atoms with van der Waals surface area (Å²) in [5.41, 5.74) is 0.942. The van der Waals surface area contributed by atoms with Crippen molar-refractivity contribution in [1.82, 2.24) is 0 Å². The summed E-state index contributed by atoms with van der Waals surface area (Å²) in [4.78, 5) is 24.7. The number of rotatable bonds is 3. The zero-order chi connectivity index (χ0) is 15.9. The highest BCUT2D eigenvalue weighted by molar-refractivity contribution is 7.17. The number of hydrogen-bond donors (Lipinski definition) is 1. The van der Waals surface area contributed by atoms with Crippen LogP contribution in [0.15, 0.2) is 16.5 Å². The lowest BCUT2D eigenvalue weighted by Gasteiger charge is -2.19. The van der Waals surface area contributed by atoms with E-state index in [2.05, 4.69) is 12.2 Å². The van der Waals surface area contributed by atoms with Crippen molar-refractivity contribution >= 4 is 28.2 Å². The lowest BCUT2D eigenvalue weighted by molar-refractivity contribution is -0.254. The average Bonchev–Trinajstić information content (AvgIpc) is 3.01. The van der Waals surface area contributed by atoms with Gasteiger partial charge in [0.25, 0.3) is 5.91 Å². The van der Waals surface area contributed by atoms with Gasteiger partial charge in [-0.25, -0.2) is 0 Å². The lowest BCUT2D eigenvalue weighted by Crippen LogP contribution is -2.26. The minimum atomic E-state index is -1.24. The number of carboxylic acid groups (broad SMARTS) is 1. The summed E-state index contributed by atoms with van der Waals surface area (Å²) in [5.74, 6) is -0.358. The normalized spacial score (nSPS) is 17.1. The average molecular weight is 318 g/mol. The predicted octanol–water partition coefficient (Wildman–Crippen LogP) is 2.39. The van der Waals surface area contributed by atoms with E-state index >= 15 is 0 Å². The number of amides is 1. The number of fused-ring (bicyclic) bond motifs is 1. The Bertz CT molecular complexity index is 743. The topological polar surface area (TPSA) is 82.4 Å². The molecule has 0 fully saturated rings. The zero-order valence-corrected chi connectivity index (χ0v) is 13.2. The fourth-order valence-electron chi connectivity index (χ4n) is 2.78. The van der Waals surface area contributed by atoms with Crippen LogP contribution in [0.1, 0.15) is 50.5 Å². The summed E-state index contributed by atoms with van der Waals surface area (Å²) >= 11 is 1.33. The highest BCUT2D eigenvalue weighted by Crippen LogP contribution is 2.39. The van der Waals surface area contributed by atoms with Gasteiger partial charge < -0.3 is 19.6 Å². The van der Waals surface area contributed by atoms with Crippen LogP contribution < -0.4 is 10.4 Å². The molecule has 2 heterocycles. The molecule has 22 heavy (non-hydrogen) atoms. The lowest BCUT2D eigenvalue weighted by atomic mass is 9.88. The second-order valence-corrected chi connectivity index (χ2v) is 6.81. The van der Waals surface area contributed by atoms with Crippen molar-refractivity contribution < 1.29 is 19.1 Å². The number of carboxylic acids is 1. The number of aryl methyl sites for hydroxylation is 1. The molecule has 0 saturated heterocycles. The maximum atomic E-state index is 12.2. The van der Waals surface area contributed by atoms with E-state index < -0.39 is 11.9 Å². The van der Waals surface area contributed by atoms with Crippen LogP contribution in [-0.2, 0) is 12.8 Å². The maximum Gasteiger partial charge on any atom is 0.291 e. The number of carbonyl (C=O) groups is 2. The van der Waals surface area contributed by atoms with E-state index in [0.717, 1.165) is 23.3 Å². The third-order valence-corrected chi connectivity index (χ3v) is 5.08. The predicted molar refractivity (Wildman–Crippen MR) is 81.2 cm³/mol. The minimum Gasteiger partial charge on any atom is -0.545 e. The van der Waals surface area contributed by atoms with Crippen LogP contribution in [0.3, 0.4) is 0 Å². The molecule has 3 rings (SSSR count). The Morgan fingerprint density at radius 1 is 1.41 bits per heavy atom. The van der Waals surface area contributed by atoms with Crippen LogP contribution in [0.2, 0.25) is 0 Å². The fourth-order valence-corrected chi connectivity index (χ4v) is 4.17. The van der Waals surface area contributed by atoms with Crippen LogP contribution in [0, 0.1) is 12.8 Å². The number of carbonyl (C=O) groups excluding carboxylic acids is 2. The standard InChI is InChI=1S/C16H17NO4S/c1-8-3-5-10-12(7-8)22-15(13(10)16(19)20)17-14(18)11-6-4-9(2)21-11/h4,6,8H,3,5,7H2,1-2H3,(H,17,18)(H,19,20)/p-1. The van der Waals surface area contributed by atoms with Gasteiger partial charge in [0, 0.05) is 10.4 Å². The zero-order valence-electron chi connectivity index (χ0n) is 12.4. The molecule has 0 spiro atoms. The van der Waals surface area contributed by atoms with E-state index in [1.807, 2.05) is 0 Å². The van der Waals surface area contributed by atoms with E-state index in [1.54, 1.807) is 19.1 Å². The van der Waals surface area contributed by atoms with Gasteiger partial charge in [0.1, 0.15) is 10.8 Å². The molecule has 0 bridgehead atoms. The van der Waals surface area contributed by atoms with Crippen LogP contribution in [0.4, 0.5) is 5.00 Å². The number of aromatic carboxylic acids is 1. The molecule has 0 radical (unpaired) electrons.